The number of hydrogen-bond donors (Lipinski definition) is 2. The number of oxime groups is 1. The molecule has 0 spiro atoms. The van der Waals surface area contributed by atoms with Crippen molar-refractivity contribution < 1.29 is 33.7 Å². The van der Waals surface area contributed by atoms with E-state index in [1.54, 1.807) is 19.3 Å². The van der Waals surface area contributed by atoms with Crippen molar-refractivity contribution in [1.29, 1.82) is 0 Å². The molecule has 4 rings (SSSR count). The number of ketones is 1. The SMILES string of the molecule is CC(C)=O.CCON=C(C(=O)NC1C(=O)N2C(C(=O)[O-])=C(C[n+]3ccccc3)CS[C@H]12)c1nsc(N)n1. The second kappa shape index (κ2) is 12.4. The molecule has 0 saturated carbocycles. The third-order valence-corrected chi connectivity index (χ3v) is 6.71. The average molecular weight is 548 g/mol. The number of nitrogen functional groups attached to an aromatic ring is 1. The summed E-state index contributed by atoms with van der Waals surface area (Å²) in [5.41, 5.74) is 5.75. The van der Waals surface area contributed by atoms with Crippen LogP contribution in [0, 0.1) is 0 Å². The second-order valence-corrected chi connectivity index (χ2v) is 9.76. The molecule has 0 aliphatic carbocycles. The van der Waals surface area contributed by atoms with Gasteiger partial charge >= 0.3 is 0 Å². The van der Waals surface area contributed by atoms with Crippen LogP contribution >= 0.6 is 23.3 Å². The number of amides is 2. The lowest BCUT2D eigenvalue weighted by atomic mass is 10.0. The summed E-state index contributed by atoms with van der Waals surface area (Å²) in [4.78, 5) is 57.1. The third kappa shape index (κ3) is 6.68. The summed E-state index contributed by atoms with van der Waals surface area (Å²) in [5, 5.41) is 17.8. The van der Waals surface area contributed by atoms with Crippen LogP contribution in [0.5, 0.6) is 0 Å². The number of aromatic nitrogens is 3. The van der Waals surface area contributed by atoms with E-state index in [2.05, 4.69) is 19.8 Å². The molecule has 3 N–H and O–H groups in total. The summed E-state index contributed by atoms with van der Waals surface area (Å²) in [6, 6.07) is 4.54. The molecule has 1 saturated heterocycles. The van der Waals surface area contributed by atoms with Gasteiger partial charge in [0.15, 0.2) is 24.1 Å². The highest BCUT2D eigenvalue weighted by Gasteiger charge is 2.53. The number of carboxylic acid groups (broad SMARTS) is 1. The molecule has 2 amide bonds. The number of nitrogens with zero attached hydrogens (tertiary/aromatic N) is 5. The fraction of sp³-hybridized carbons (Fsp3) is 0.364. The van der Waals surface area contributed by atoms with Gasteiger partial charge in [0.2, 0.25) is 11.5 Å². The Kier molecular flexibility index (Phi) is 9.30. The number of carbonyl (C=O) groups excluding carboxylic acids is 4. The number of pyridine rings is 1. The smallest absolute Gasteiger partial charge is 0.278 e. The molecule has 2 aromatic rings. The van der Waals surface area contributed by atoms with Gasteiger partial charge in [-0.3, -0.25) is 14.5 Å². The molecule has 1 unspecified atom stereocenters. The molecule has 37 heavy (non-hydrogen) atoms. The number of thioether (sulfide) groups is 1. The van der Waals surface area contributed by atoms with E-state index in [4.69, 9.17) is 10.6 Å². The van der Waals surface area contributed by atoms with Gasteiger partial charge in [-0.15, -0.1) is 11.8 Å². The topological polar surface area (TPSA) is 184 Å². The predicted molar refractivity (Wildman–Crippen MR) is 133 cm³/mol. The van der Waals surface area contributed by atoms with Crippen LogP contribution in [0.3, 0.4) is 0 Å². The molecule has 2 aliphatic rings. The Hall–Kier alpha value is -3.85. The number of rotatable bonds is 8. The van der Waals surface area contributed by atoms with Crippen LogP contribution in [-0.4, -0.2) is 67.3 Å². The molecule has 2 aromatic heterocycles. The quantitative estimate of drug-likeness (QED) is 0.177. The first-order valence-corrected chi connectivity index (χ1v) is 12.9. The minimum Gasteiger partial charge on any atom is -0.543 e. The van der Waals surface area contributed by atoms with Crippen LogP contribution in [0.1, 0.15) is 26.6 Å². The number of fused-ring (bicyclic) bond motifs is 1. The van der Waals surface area contributed by atoms with Crippen LogP contribution in [-0.2, 0) is 30.6 Å². The molecule has 2 aliphatic heterocycles. The van der Waals surface area contributed by atoms with E-state index in [1.165, 1.54) is 25.6 Å². The maximum atomic E-state index is 12.9. The molecule has 13 nitrogen and oxygen atoms in total. The Morgan fingerprint density at radius 3 is 2.54 bits per heavy atom. The zero-order chi connectivity index (χ0) is 27.1. The van der Waals surface area contributed by atoms with Crippen LogP contribution in [0.4, 0.5) is 5.13 Å². The van der Waals surface area contributed by atoms with Crippen molar-refractivity contribution in [2.24, 2.45) is 5.16 Å². The van der Waals surface area contributed by atoms with E-state index >= 15 is 0 Å². The molecule has 2 atom stereocenters. The lowest BCUT2D eigenvalue weighted by molar-refractivity contribution is -0.689. The van der Waals surface area contributed by atoms with E-state index in [0.717, 1.165) is 16.4 Å². The largest absolute Gasteiger partial charge is 0.543 e. The van der Waals surface area contributed by atoms with Gasteiger partial charge in [-0.2, -0.15) is 9.36 Å². The second-order valence-electron chi connectivity index (χ2n) is 7.87. The lowest BCUT2D eigenvalue weighted by Crippen LogP contribution is -2.71. The van der Waals surface area contributed by atoms with E-state index in [1.807, 2.05) is 22.8 Å². The molecule has 0 radical (unpaired) electrons. The summed E-state index contributed by atoms with van der Waals surface area (Å²) in [5.74, 6) is -2.23. The van der Waals surface area contributed by atoms with Gasteiger partial charge in [-0.25, -0.2) is 4.57 Å². The van der Waals surface area contributed by atoms with Crippen molar-refractivity contribution in [3.8, 4) is 0 Å². The Bertz CT molecular complexity index is 1240. The highest BCUT2D eigenvalue weighted by Crippen LogP contribution is 2.40. The predicted octanol–water partition coefficient (Wildman–Crippen LogP) is -1.15. The van der Waals surface area contributed by atoms with Crippen molar-refractivity contribution in [1.82, 2.24) is 19.6 Å². The summed E-state index contributed by atoms with van der Waals surface area (Å²) in [7, 11) is 0. The Morgan fingerprint density at radius 1 is 1.30 bits per heavy atom. The molecule has 0 bridgehead atoms. The van der Waals surface area contributed by atoms with Crippen molar-refractivity contribution in [2.45, 2.75) is 38.7 Å². The van der Waals surface area contributed by atoms with Gasteiger partial charge < -0.3 is 30.6 Å². The van der Waals surface area contributed by atoms with Crippen LogP contribution in [0.15, 0.2) is 47.0 Å². The van der Waals surface area contributed by atoms with Crippen molar-refractivity contribution in [2.75, 3.05) is 18.1 Å². The van der Waals surface area contributed by atoms with Crippen molar-refractivity contribution in [3.05, 3.63) is 47.7 Å². The van der Waals surface area contributed by atoms with Gasteiger partial charge in [0.05, 0.1) is 11.7 Å². The first-order chi connectivity index (χ1) is 17.6. The lowest BCUT2D eigenvalue weighted by Gasteiger charge is -2.50. The Morgan fingerprint density at radius 2 is 1.97 bits per heavy atom. The van der Waals surface area contributed by atoms with Gasteiger partial charge in [-0.1, -0.05) is 11.2 Å². The summed E-state index contributed by atoms with van der Waals surface area (Å²) < 4.78 is 5.78. The normalized spacial score (nSPS) is 18.7. The summed E-state index contributed by atoms with van der Waals surface area (Å²) >= 11 is 2.24. The number of β-lactam (4-membered cyclic amide) rings is 1. The van der Waals surface area contributed by atoms with Gasteiger partial charge in [0.1, 0.15) is 23.8 Å². The number of nitrogens with two attached hydrogens (primary N) is 1. The zero-order valence-corrected chi connectivity index (χ0v) is 21.9. The number of hydrogen-bond acceptors (Lipinski definition) is 12. The maximum Gasteiger partial charge on any atom is 0.278 e. The summed E-state index contributed by atoms with van der Waals surface area (Å²) in [6.45, 7) is 5.24. The molecule has 196 valence electrons. The molecule has 1 fully saturated rings. The highest BCUT2D eigenvalue weighted by atomic mass is 32.2. The molecular weight excluding hydrogens is 522 g/mol. The minimum atomic E-state index is -1.44. The molecule has 0 aromatic carbocycles. The first kappa shape index (κ1) is 27.7. The minimum absolute atomic E-state index is 0.0270. The van der Waals surface area contributed by atoms with Crippen LogP contribution in [0.2, 0.25) is 0 Å². The first-order valence-electron chi connectivity index (χ1n) is 11.0. The number of nitrogens with one attached hydrogen (secondary N) is 1. The number of Topliss-reactive ketones (excluding diaryl/α,β-unsaturated/α-hetero) is 1. The van der Waals surface area contributed by atoms with Crippen LogP contribution < -0.4 is 20.7 Å². The average Bonchev–Trinajstić information content (AvgIpc) is 3.28. The number of aliphatic carboxylic acids is 1. The molecular formula is C22H25N7O6S2. The molecule has 15 heteroatoms. The Balaban J connectivity index is 0.000000886. The number of carbonyl (C=O) groups is 4. The summed E-state index contributed by atoms with van der Waals surface area (Å²) in [6.07, 6.45) is 3.60. The van der Waals surface area contributed by atoms with Gasteiger partial charge in [0, 0.05) is 35.0 Å². The number of carboxylic acids is 1. The van der Waals surface area contributed by atoms with E-state index in [-0.39, 0.29) is 34.8 Å². The standard InChI is InChI=1S/C19H19N7O5S2.C3H6O/c1-2-31-23-11(14-22-19(20)33-24-14)15(27)21-12-16(28)26-13(18(29)30)10(9-32-17(12)26)8-25-6-4-3-5-7-25;1-3(2)4/h3-7,12,17H,2,8-9H2,1H3,(H3-,20,21,22,24,27,29,30);1-2H3/t12?,17-;/m1./s1. The van der Waals surface area contributed by atoms with Gasteiger partial charge in [-0.05, 0) is 20.8 Å². The molecule has 4 heterocycles. The van der Waals surface area contributed by atoms with Crippen molar-refractivity contribution in [3.63, 3.8) is 0 Å². The fourth-order valence-corrected chi connectivity index (χ4v) is 5.18. The van der Waals surface area contributed by atoms with Gasteiger partial charge in [0.25, 0.3) is 11.8 Å². The highest BCUT2D eigenvalue weighted by molar-refractivity contribution is 8.00. The maximum absolute atomic E-state index is 12.9. The fourth-order valence-electron chi connectivity index (χ4n) is 3.41. The van der Waals surface area contributed by atoms with E-state index < -0.39 is 29.2 Å². The zero-order valence-electron chi connectivity index (χ0n) is 20.2. The third-order valence-electron chi connectivity index (χ3n) is 4.83. The Labute approximate surface area is 220 Å². The van der Waals surface area contributed by atoms with Crippen LogP contribution in [0.25, 0.3) is 0 Å². The van der Waals surface area contributed by atoms with Crippen molar-refractivity contribution >= 4 is 57.7 Å². The van der Waals surface area contributed by atoms with E-state index in [0.29, 0.717) is 17.9 Å². The van der Waals surface area contributed by atoms with E-state index in [9.17, 15) is 24.3 Å². The monoisotopic (exact) mass is 547 g/mol. The number of anilines is 1.